The van der Waals surface area contributed by atoms with Crippen LogP contribution in [0.1, 0.15) is 132 Å². The molecule has 172 valence electrons. The Bertz CT molecular complexity index is 1170. The lowest BCUT2D eigenvalue weighted by molar-refractivity contribution is 0.0980. The third kappa shape index (κ3) is 3.25. The summed E-state index contributed by atoms with van der Waals surface area (Å²) in [5.74, 6) is -0.484. The van der Waals surface area contributed by atoms with Crippen LogP contribution in [-0.4, -0.2) is 23.1 Å². The van der Waals surface area contributed by atoms with Crippen LogP contribution in [0.5, 0.6) is 0 Å². The number of hydrogen-bond acceptors (Lipinski definition) is 4. The summed E-state index contributed by atoms with van der Waals surface area (Å²) in [4.78, 5) is 49.9. The Kier molecular flexibility index (Phi) is 4.98. The maximum absolute atomic E-state index is 12.5. The van der Waals surface area contributed by atoms with Gasteiger partial charge in [-0.1, -0.05) is 27.7 Å². The smallest absolute Gasteiger partial charge is 0.160 e. The fourth-order valence-corrected chi connectivity index (χ4v) is 6.56. The molecular weight excluding hydrogens is 412 g/mol. The average Bonchev–Trinajstić information content (AvgIpc) is 3.05. The second-order valence-electron chi connectivity index (χ2n) is 11.3. The van der Waals surface area contributed by atoms with Crippen LogP contribution < -0.4 is 0 Å². The van der Waals surface area contributed by atoms with Crippen molar-refractivity contribution in [2.24, 2.45) is 0 Å². The van der Waals surface area contributed by atoms with E-state index in [1.807, 2.05) is 24.3 Å². The molecule has 0 fully saturated rings. The number of hydrogen-bond donors (Lipinski definition) is 0. The van der Waals surface area contributed by atoms with Gasteiger partial charge in [0.25, 0.3) is 0 Å². The van der Waals surface area contributed by atoms with Crippen molar-refractivity contribution in [1.29, 1.82) is 0 Å². The number of carbonyl (C=O) groups is 4. The molecule has 0 saturated carbocycles. The van der Waals surface area contributed by atoms with Gasteiger partial charge in [0.1, 0.15) is 0 Å². The summed E-state index contributed by atoms with van der Waals surface area (Å²) in [6.45, 7) is 14.7. The third-order valence-electron chi connectivity index (χ3n) is 7.81. The summed E-state index contributed by atoms with van der Waals surface area (Å²) in [6, 6.07) is 7.70. The first kappa shape index (κ1) is 23.3. The van der Waals surface area contributed by atoms with E-state index >= 15 is 0 Å². The molecule has 2 aliphatic rings. The molecule has 0 atom stereocenters. The Morgan fingerprint density at radius 3 is 1.00 bits per heavy atom. The normalized spacial score (nSPS) is 18.7. The predicted molar refractivity (Wildman–Crippen MR) is 129 cm³/mol. The minimum Gasteiger partial charge on any atom is -0.294 e. The van der Waals surface area contributed by atoms with Crippen LogP contribution >= 0.6 is 0 Å². The molecule has 0 heterocycles. The molecule has 2 aromatic carbocycles. The monoisotopic (exact) mass is 444 g/mol. The van der Waals surface area contributed by atoms with Crippen LogP contribution in [0, 0.1) is 0 Å². The van der Waals surface area contributed by atoms with E-state index in [2.05, 4.69) is 27.7 Å². The Labute approximate surface area is 195 Å². The summed E-state index contributed by atoms with van der Waals surface area (Å²) in [6.07, 6.45) is 1.61. The fraction of sp³-hybridized carbons (Fsp3) is 0.448. The van der Waals surface area contributed by atoms with Gasteiger partial charge in [0.15, 0.2) is 23.1 Å². The minimum atomic E-state index is -0.392. The van der Waals surface area contributed by atoms with Crippen LogP contribution in [0.15, 0.2) is 24.3 Å². The Morgan fingerprint density at radius 1 is 0.515 bits per heavy atom. The number of fused-ring (bicyclic) bond motifs is 4. The van der Waals surface area contributed by atoms with Gasteiger partial charge in [0, 0.05) is 27.7 Å². The van der Waals surface area contributed by atoms with Crippen molar-refractivity contribution in [1.82, 2.24) is 0 Å². The molecule has 0 saturated heterocycles. The average molecular weight is 445 g/mol. The van der Waals surface area contributed by atoms with Gasteiger partial charge < -0.3 is 0 Å². The van der Waals surface area contributed by atoms with Gasteiger partial charge in [-0.3, -0.25) is 19.2 Å². The summed E-state index contributed by atoms with van der Waals surface area (Å²) in [5.41, 5.74) is 5.33. The lowest BCUT2D eigenvalue weighted by Gasteiger charge is -2.31. The predicted octanol–water partition coefficient (Wildman–Crippen LogP) is 6.15. The quantitative estimate of drug-likeness (QED) is 0.531. The highest BCUT2D eigenvalue weighted by Gasteiger charge is 2.56. The number of Topliss-reactive ketones (excluding diaryl/α,β-unsaturated/α-hetero) is 4. The molecule has 0 aromatic heterocycles. The molecule has 2 aromatic rings. The van der Waals surface area contributed by atoms with E-state index in [1.165, 1.54) is 27.7 Å². The molecule has 4 nitrogen and oxygen atoms in total. The zero-order valence-corrected chi connectivity index (χ0v) is 20.9. The Hall–Kier alpha value is -2.88. The number of ketones is 4. The van der Waals surface area contributed by atoms with Crippen molar-refractivity contribution >= 4 is 23.1 Å². The van der Waals surface area contributed by atoms with Crippen LogP contribution in [-0.2, 0) is 16.2 Å². The first-order valence-corrected chi connectivity index (χ1v) is 11.5. The molecule has 0 bridgehead atoms. The lowest BCUT2D eigenvalue weighted by Crippen LogP contribution is -2.27. The maximum atomic E-state index is 12.5. The highest BCUT2D eigenvalue weighted by Crippen LogP contribution is 2.63. The van der Waals surface area contributed by atoms with Crippen LogP contribution in [0.3, 0.4) is 0 Å². The van der Waals surface area contributed by atoms with Crippen molar-refractivity contribution in [3.8, 4) is 0 Å². The van der Waals surface area contributed by atoms with Gasteiger partial charge in [0.05, 0.1) is 0 Å². The highest BCUT2D eigenvalue weighted by atomic mass is 16.1. The van der Waals surface area contributed by atoms with Crippen molar-refractivity contribution in [2.75, 3.05) is 0 Å². The topological polar surface area (TPSA) is 68.3 Å². The molecule has 4 rings (SSSR count). The van der Waals surface area contributed by atoms with Gasteiger partial charge >= 0.3 is 0 Å². The van der Waals surface area contributed by atoms with E-state index in [0.717, 1.165) is 35.1 Å². The molecule has 33 heavy (non-hydrogen) atoms. The Balaban J connectivity index is 2.11. The van der Waals surface area contributed by atoms with Gasteiger partial charge in [0.2, 0.25) is 0 Å². The molecule has 1 spiro atoms. The zero-order valence-electron chi connectivity index (χ0n) is 20.9. The summed E-state index contributed by atoms with van der Waals surface area (Å²) < 4.78 is 0. The first-order valence-electron chi connectivity index (χ1n) is 11.5. The van der Waals surface area contributed by atoms with Crippen LogP contribution in [0.2, 0.25) is 0 Å². The molecule has 4 heteroatoms. The largest absolute Gasteiger partial charge is 0.294 e. The highest BCUT2D eigenvalue weighted by molar-refractivity contribution is 6.09. The van der Waals surface area contributed by atoms with E-state index < -0.39 is 5.41 Å². The number of rotatable bonds is 4. The third-order valence-corrected chi connectivity index (χ3v) is 7.81. The van der Waals surface area contributed by atoms with Gasteiger partial charge in [-0.05, 0) is 97.9 Å². The molecule has 0 unspecified atom stereocenters. The SMILES string of the molecule is CC(=O)c1cc2c(cc1C(C)=O)C1(CC2(C)C)CC(C)(C)c2cc(C(C)=O)c(C(C)=O)cc21. The molecular formula is C29H32O4. The minimum absolute atomic E-state index is 0.114. The van der Waals surface area contributed by atoms with Crippen molar-refractivity contribution < 1.29 is 19.2 Å². The van der Waals surface area contributed by atoms with E-state index in [-0.39, 0.29) is 34.0 Å². The van der Waals surface area contributed by atoms with Crippen LogP contribution in [0.4, 0.5) is 0 Å². The first-order chi connectivity index (χ1) is 15.1. The molecule has 0 N–H and O–H groups in total. The summed E-state index contributed by atoms with van der Waals surface area (Å²) >= 11 is 0. The van der Waals surface area contributed by atoms with E-state index in [1.54, 1.807) is 0 Å². The summed E-state index contributed by atoms with van der Waals surface area (Å²) in [5, 5.41) is 0. The van der Waals surface area contributed by atoms with E-state index in [0.29, 0.717) is 22.3 Å². The standard InChI is InChI=1S/C29H32O4/c1-15(30)19-9-23-25(11-21(19)17(3)32)29(13-27(23,5)6)14-28(7,8)24-10-20(16(2)31)22(18(4)33)12-26(24)29/h9-12H,13-14H2,1-8H3. The maximum Gasteiger partial charge on any atom is 0.160 e. The van der Waals surface area contributed by atoms with Crippen molar-refractivity contribution in [2.45, 2.75) is 84.5 Å². The molecule has 0 radical (unpaired) electrons. The van der Waals surface area contributed by atoms with Crippen molar-refractivity contribution in [3.05, 3.63) is 68.8 Å². The fourth-order valence-electron chi connectivity index (χ4n) is 6.56. The van der Waals surface area contributed by atoms with Crippen molar-refractivity contribution in [3.63, 3.8) is 0 Å². The van der Waals surface area contributed by atoms with Gasteiger partial charge in [-0.15, -0.1) is 0 Å². The molecule has 2 aliphatic carbocycles. The van der Waals surface area contributed by atoms with Crippen LogP contribution in [0.25, 0.3) is 0 Å². The number of benzene rings is 2. The second kappa shape index (κ2) is 7.06. The van der Waals surface area contributed by atoms with E-state index in [9.17, 15) is 19.2 Å². The Morgan fingerprint density at radius 2 is 0.758 bits per heavy atom. The number of carbonyl (C=O) groups excluding carboxylic acids is 4. The zero-order chi connectivity index (χ0) is 24.7. The molecule has 0 amide bonds. The second-order valence-corrected chi connectivity index (χ2v) is 11.3. The van der Waals surface area contributed by atoms with Gasteiger partial charge in [-0.25, -0.2) is 0 Å². The van der Waals surface area contributed by atoms with Gasteiger partial charge in [-0.2, -0.15) is 0 Å². The lowest BCUT2D eigenvalue weighted by atomic mass is 9.72. The van der Waals surface area contributed by atoms with E-state index in [4.69, 9.17) is 0 Å². The molecule has 0 aliphatic heterocycles. The summed E-state index contributed by atoms with van der Waals surface area (Å²) in [7, 11) is 0.